The third-order valence-electron chi connectivity index (χ3n) is 3.14. The number of aromatic nitrogens is 3. The molecule has 0 aliphatic carbocycles. The van der Waals surface area contributed by atoms with Gasteiger partial charge in [0, 0.05) is 21.3 Å². The molecule has 7 nitrogen and oxygen atoms in total. The minimum absolute atomic E-state index is 0.251. The highest BCUT2D eigenvalue weighted by Gasteiger charge is 2.09. The summed E-state index contributed by atoms with van der Waals surface area (Å²) < 4.78 is 2.24. The van der Waals surface area contributed by atoms with E-state index >= 15 is 0 Å². The molecule has 0 radical (unpaired) electrons. The first-order valence-corrected chi connectivity index (χ1v) is 7.74. The maximum absolute atomic E-state index is 12.2. The number of halogens is 1. The Morgan fingerprint density at radius 2 is 1.62 bits per heavy atom. The van der Waals surface area contributed by atoms with Gasteiger partial charge in [0.15, 0.2) is 0 Å². The van der Waals surface area contributed by atoms with Gasteiger partial charge in [-0.05, 0) is 42.5 Å². The maximum atomic E-state index is 12.2. The average molecular weight is 386 g/mol. The number of carbonyl (C=O) groups excluding carboxylic acids is 2. The summed E-state index contributed by atoms with van der Waals surface area (Å²) in [4.78, 5) is 24.4. The SMILES string of the molecule is O=C(Nc1cccc(C(=O)Nn2cnnc2)c1)c1ccc(Br)cc1. The molecular formula is C16H12BrN5O2. The lowest BCUT2D eigenvalue weighted by Gasteiger charge is -2.08. The summed E-state index contributed by atoms with van der Waals surface area (Å²) in [5, 5.41) is 9.97. The normalized spacial score (nSPS) is 10.2. The van der Waals surface area contributed by atoms with Crippen LogP contribution >= 0.6 is 15.9 Å². The van der Waals surface area contributed by atoms with Gasteiger partial charge in [0.05, 0.1) is 0 Å². The second-order valence-electron chi connectivity index (χ2n) is 4.85. The van der Waals surface area contributed by atoms with Crippen molar-refractivity contribution in [2.75, 3.05) is 10.7 Å². The zero-order chi connectivity index (χ0) is 16.9. The molecule has 8 heteroatoms. The van der Waals surface area contributed by atoms with Gasteiger partial charge in [0.25, 0.3) is 11.8 Å². The standard InChI is InChI=1S/C16H12BrN5O2/c17-13-6-4-11(5-7-13)15(23)20-14-3-1-2-12(8-14)16(24)21-22-9-18-19-10-22/h1-10H,(H,20,23)(H,21,24). The molecule has 2 N–H and O–H groups in total. The summed E-state index contributed by atoms with van der Waals surface area (Å²) >= 11 is 3.32. The molecular weight excluding hydrogens is 374 g/mol. The van der Waals surface area contributed by atoms with Crippen molar-refractivity contribution in [3.05, 3.63) is 76.8 Å². The second-order valence-corrected chi connectivity index (χ2v) is 5.77. The summed E-state index contributed by atoms with van der Waals surface area (Å²) in [7, 11) is 0. The van der Waals surface area contributed by atoms with Crippen molar-refractivity contribution in [3.63, 3.8) is 0 Å². The molecule has 0 unspecified atom stereocenters. The molecule has 0 saturated carbocycles. The Morgan fingerprint density at radius 1 is 0.917 bits per heavy atom. The Kier molecular flexibility index (Phi) is 4.66. The largest absolute Gasteiger partial charge is 0.322 e. The van der Waals surface area contributed by atoms with Gasteiger partial charge in [0.2, 0.25) is 0 Å². The number of benzene rings is 2. The average Bonchev–Trinajstić information content (AvgIpc) is 3.08. The number of hydrogen-bond donors (Lipinski definition) is 2. The van der Waals surface area contributed by atoms with E-state index in [0.717, 1.165) is 4.47 Å². The molecule has 0 aliphatic heterocycles. The molecule has 2 aromatic carbocycles. The van der Waals surface area contributed by atoms with E-state index < -0.39 is 0 Å². The lowest BCUT2D eigenvalue weighted by Crippen LogP contribution is -2.21. The summed E-state index contributed by atoms with van der Waals surface area (Å²) in [6.45, 7) is 0. The van der Waals surface area contributed by atoms with Crippen molar-refractivity contribution < 1.29 is 9.59 Å². The van der Waals surface area contributed by atoms with Gasteiger partial charge in [-0.3, -0.25) is 15.0 Å². The van der Waals surface area contributed by atoms with Gasteiger partial charge in [-0.25, -0.2) is 4.68 Å². The van der Waals surface area contributed by atoms with Crippen molar-refractivity contribution in [1.82, 2.24) is 14.9 Å². The van der Waals surface area contributed by atoms with Crippen LogP contribution in [0.2, 0.25) is 0 Å². The maximum Gasteiger partial charge on any atom is 0.270 e. The van der Waals surface area contributed by atoms with E-state index in [-0.39, 0.29) is 11.8 Å². The van der Waals surface area contributed by atoms with Gasteiger partial charge in [0.1, 0.15) is 12.7 Å². The molecule has 0 spiro atoms. The van der Waals surface area contributed by atoms with Crippen LogP contribution < -0.4 is 10.7 Å². The van der Waals surface area contributed by atoms with Crippen molar-refractivity contribution in [3.8, 4) is 0 Å². The highest BCUT2D eigenvalue weighted by Crippen LogP contribution is 2.15. The van der Waals surface area contributed by atoms with E-state index in [1.165, 1.54) is 17.3 Å². The number of rotatable bonds is 4. The number of carbonyl (C=O) groups is 2. The van der Waals surface area contributed by atoms with Gasteiger partial charge in [-0.15, -0.1) is 10.2 Å². The van der Waals surface area contributed by atoms with Gasteiger partial charge in [-0.2, -0.15) is 0 Å². The van der Waals surface area contributed by atoms with Crippen LogP contribution in [-0.4, -0.2) is 26.7 Å². The summed E-state index contributed by atoms with van der Waals surface area (Å²) in [5.41, 5.74) is 4.04. The molecule has 0 aliphatic rings. The van der Waals surface area contributed by atoms with Gasteiger partial charge in [-0.1, -0.05) is 22.0 Å². The summed E-state index contributed by atoms with van der Waals surface area (Å²) in [6.07, 6.45) is 2.74. The lowest BCUT2D eigenvalue weighted by atomic mass is 10.1. The summed E-state index contributed by atoms with van der Waals surface area (Å²) in [6, 6.07) is 13.6. The minimum Gasteiger partial charge on any atom is -0.322 e. The van der Waals surface area contributed by atoms with Crippen LogP contribution in [0.5, 0.6) is 0 Å². The fourth-order valence-electron chi connectivity index (χ4n) is 1.98. The van der Waals surface area contributed by atoms with Crippen molar-refractivity contribution >= 4 is 33.4 Å². The van der Waals surface area contributed by atoms with Crippen LogP contribution in [0, 0.1) is 0 Å². The third kappa shape index (κ3) is 3.85. The fraction of sp³-hybridized carbons (Fsp3) is 0. The molecule has 2 amide bonds. The van der Waals surface area contributed by atoms with Crippen LogP contribution in [0.4, 0.5) is 5.69 Å². The quantitative estimate of drug-likeness (QED) is 0.722. The predicted molar refractivity (Wildman–Crippen MR) is 92.3 cm³/mol. The van der Waals surface area contributed by atoms with E-state index in [9.17, 15) is 9.59 Å². The number of anilines is 1. The zero-order valence-corrected chi connectivity index (χ0v) is 13.9. The van der Waals surface area contributed by atoms with Crippen LogP contribution in [0.3, 0.4) is 0 Å². The highest BCUT2D eigenvalue weighted by atomic mass is 79.9. The minimum atomic E-state index is -0.338. The van der Waals surface area contributed by atoms with Crippen molar-refractivity contribution in [2.45, 2.75) is 0 Å². The molecule has 0 fully saturated rings. The van der Waals surface area contributed by atoms with Crippen LogP contribution in [0.15, 0.2) is 65.7 Å². The first kappa shape index (κ1) is 15.9. The van der Waals surface area contributed by atoms with E-state index in [2.05, 4.69) is 36.9 Å². The Morgan fingerprint density at radius 3 is 2.33 bits per heavy atom. The predicted octanol–water partition coefficient (Wildman–Crippen LogP) is 2.68. The molecule has 3 rings (SSSR count). The van der Waals surface area contributed by atoms with Crippen LogP contribution in [0.1, 0.15) is 20.7 Å². The molecule has 3 aromatic rings. The molecule has 1 heterocycles. The number of nitrogens with zero attached hydrogens (tertiary/aromatic N) is 3. The van der Waals surface area contributed by atoms with Crippen molar-refractivity contribution in [1.29, 1.82) is 0 Å². The van der Waals surface area contributed by atoms with Gasteiger partial charge >= 0.3 is 0 Å². The Labute approximate surface area is 145 Å². The molecule has 0 saturated heterocycles. The smallest absolute Gasteiger partial charge is 0.270 e. The lowest BCUT2D eigenvalue weighted by molar-refractivity contribution is 0.100. The molecule has 24 heavy (non-hydrogen) atoms. The Bertz CT molecular complexity index is 862. The zero-order valence-electron chi connectivity index (χ0n) is 12.3. The van der Waals surface area contributed by atoms with Crippen LogP contribution in [-0.2, 0) is 0 Å². The Balaban J connectivity index is 1.71. The third-order valence-corrected chi connectivity index (χ3v) is 3.67. The van der Waals surface area contributed by atoms with Gasteiger partial charge < -0.3 is 5.32 Å². The van der Waals surface area contributed by atoms with E-state index in [1.807, 2.05) is 0 Å². The second kappa shape index (κ2) is 7.05. The van der Waals surface area contributed by atoms with E-state index in [4.69, 9.17) is 0 Å². The number of amides is 2. The highest BCUT2D eigenvalue weighted by molar-refractivity contribution is 9.10. The first-order chi connectivity index (χ1) is 11.6. The fourth-order valence-corrected chi connectivity index (χ4v) is 2.25. The van der Waals surface area contributed by atoms with Crippen LogP contribution in [0.25, 0.3) is 0 Å². The molecule has 120 valence electrons. The first-order valence-electron chi connectivity index (χ1n) is 6.95. The van der Waals surface area contributed by atoms with E-state index in [1.54, 1.807) is 48.5 Å². The van der Waals surface area contributed by atoms with E-state index in [0.29, 0.717) is 16.8 Å². The van der Waals surface area contributed by atoms with Crippen molar-refractivity contribution in [2.24, 2.45) is 0 Å². The summed E-state index contributed by atoms with van der Waals surface area (Å²) in [5.74, 6) is -0.589. The topological polar surface area (TPSA) is 88.9 Å². The molecule has 1 aromatic heterocycles. The number of nitrogens with one attached hydrogen (secondary N) is 2. The molecule has 0 bridgehead atoms. The Hall–Kier alpha value is -3.00. The number of hydrogen-bond acceptors (Lipinski definition) is 4. The molecule has 0 atom stereocenters. The monoisotopic (exact) mass is 385 g/mol.